The van der Waals surface area contributed by atoms with Crippen LogP contribution in [0.1, 0.15) is 33.6 Å². The molecule has 0 fully saturated rings. The molecule has 0 aliphatic rings. The lowest BCUT2D eigenvalue weighted by Gasteiger charge is -2.29. The summed E-state index contributed by atoms with van der Waals surface area (Å²) < 4.78 is 0. The van der Waals surface area contributed by atoms with E-state index in [9.17, 15) is 9.59 Å². The number of amides is 1. The summed E-state index contributed by atoms with van der Waals surface area (Å²) in [7, 11) is 0. The average Bonchev–Trinajstić information content (AvgIpc) is 2.33. The van der Waals surface area contributed by atoms with Crippen LogP contribution in [0.5, 0.6) is 0 Å². The highest BCUT2D eigenvalue weighted by Gasteiger charge is 2.27. The maximum Gasteiger partial charge on any atom is 0.303 e. The molecule has 0 spiro atoms. The second-order valence-corrected chi connectivity index (χ2v) is 5.54. The van der Waals surface area contributed by atoms with E-state index in [1.807, 2.05) is 51.1 Å². The van der Waals surface area contributed by atoms with Gasteiger partial charge in [-0.1, -0.05) is 39.0 Å². The lowest BCUT2D eigenvalue weighted by atomic mass is 9.94. The molecule has 1 rings (SSSR count). The number of carboxylic acids is 1. The molecule has 0 aliphatic heterocycles. The molecule has 0 aromatic heterocycles. The smallest absolute Gasteiger partial charge is 0.303 e. The van der Waals surface area contributed by atoms with Crippen LogP contribution in [-0.2, 0) is 9.59 Å². The molecule has 104 valence electrons. The number of anilines is 1. The molecule has 0 heterocycles. The van der Waals surface area contributed by atoms with Gasteiger partial charge in [0.05, 0.1) is 0 Å². The minimum atomic E-state index is -0.837. The first-order chi connectivity index (χ1) is 8.82. The summed E-state index contributed by atoms with van der Waals surface area (Å²) in [5, 5.41) is 8.69. The molecule has 0 radical (unpaired) electrons. The number of carboxylic acid groups (broad SMARTS) is 1. The van der Waals surface area contributed by atoms with Crippen molar-refractivity contribution in [3.63, 3.8) is 0 Å². The van der Waals surface area contributed by atoms with E-state index in [-0.39, 0.29) is 12.3 Å². The van der Waals surface area contributed by atoms with E-state index in [2.05, 4.69) is 0 Å². The van der Waals surface area contributed by atoms with Crippen LogP contribution in [0.2, 0.25) is 0 Å². The highest BCUT2D eigenvalue weighted by atomic mass is 16.4. The van der Waals surface area contributed by atoms with Crippen molar-refractivity contribution in [3.05, 3.63) is 30.3 Å². The van der Waals surface area contributed by atoms with Crippen LogP contribution in [0.4, 0.5) is 5.69 Å². The van der Waals surface area contributed by atoms with Gasteiger partial charge in [-0.25, -0.2) is 0 Å². The summed E-state index contributed by atoms with van der Waals surface area (Å²) in [6.45, 7) is 6.01. The summed E-state index contributed by atoms with van der Waals surface area (Å²) in [5.74, 6) is -0.833. The van der Waals surface area contributed by atoms with Crippen molar-refractivity contribution < 1.29 is 14.7 Å². The highest BCUT2D eigenvalue weighted by molar-refractivity contribution is 5.96. The van der Waals surface area contributed by atoms with Crippen molar-refractivity contribution in [2.45, 2.75) is 33.6 Å². The van der Waals surface area contributed by atoms with Crippen molar-refractivity contribution in [2.24, 2.45) is 5.41 Å². The van der Waals surface area contributed by atoms with E-state index in [0.717, 1.165) is 5.69 Å². The third-order valence-corrected chi connectivity index (χ3v) is 2.73. The van der Waals surface area contributed by atoms with Crippen LogP contribution >= 0.6 is 0 Å². The second kappa shape index (κ2) is 6.36. The molecule has 19 heavy (non-hydrogen) atoms. The van der Waals surface area contributed by atoms with E-state index >= 15 is 0 Å². The fourth-order valence-electron chi connectivity index (χ4n) is 1.75. The lowest BCUT2D eigenvalue weighted by Crippen LogP contribution is -2.40. The molecule has 4 heteroatoms. The Bertz CT molecular complexity index is 434. The van der Waals surface area contributed by atoms with E-state index in [0.29, 0.717) is 13.0 Å². The predicted octanol–water partition coefficient (Wildman–Crippen LogP) is 2.93. The van der Waals surface area contributed by atoms with Crippen LogP contribution in [0.25, 0.3) is 0 Å². The number of para-hydroxylation sites is 1. The van der Waals surface area contributed by atoms with Crippen molar-refractivity contribution in [1.82, 2.24) is 0 Å². The number of hydrogen-bond donors (Lipinski definition) is 1. The molecule has 0 atom stereocenters. The zero-order valence-electron chi connectivity index (χ0n) is 11.7. The number of hydrogen-bond acceptors (Lipinski definition) is 2. The molecule has 1 aromatic carbocycles. The fraction of sp³-hybridized carbons (Fsp3) is 0.467. The molecular weight excluding hydrogens is 242 g/mol. The van der Waals surface area contributed by atoms with E-state index in [1.165, 1.54) is 0 Å². The Morgan fingerprint density at radius 3 is 2.21 bits per heavy atom. The van der Waals surface area contributed by atoms with Crippen LogP contribution in [-0.4, -0.2) is 23.5 Å². The number of carbonyl (C=O) groups excluding carboxylic acids is 1. The molecule has 0 unspecified atom stereocenters. The van der Waals surface area contributed by atoms with Gasteiger partial charge in [0.1, 0.15) is 0 Å². The van der Waals surface area contributed by atoms with Gasteiger partial charge in [-0.15, -0.1) is 0 Å². The Labute approximate surface area is 114 Å². The summed E-state index contributed by atoms with van der Waals surface area (Å²) in [5.41, 5.74) is 0.326. The maximum absolute atomic E-state index is 12.4. The SMILES string of the molecule is CC(C)(C)C(=O)N(CCCC(=O)O)c1ccccc1. The molecule has 1 aromatic rings. The average molecular weight is 263 g/mol. The van der Waals surface area contributed by atoms with Gasteiger partial charge in [0.15, 0.2) is 0 Å². The van der Waals surface area contributed by atoms with E-state index in [1.54, 1.807) is 4.90 Å². The van der Waals surface area contributed by atoms with Crippen LogP contribution < -0.4 is 4.90 Å². The van der Waals surface area contributed by atoms with Crippen LogP contribution in [0, 0.1) is 5.41 Å². The summed E-state index contributed by atoms with van der Waals surface area (Å²) in [4.78, 5) is 24.7. The van der Waals surface area contributed by atoms with Crippen molar-refractivity contribution >= 4 is 17.6 Å². The predicted molar refractivity (Wildman–Crippen MR) is 75.1 cm³/mol. The monoisotopic (exact) mass is 263 g/mol. The number of benzene rings is 1. The van der Waals surface area contributed by atoms with Gasteiger partial charge >= 0.3 is 5.97 Å². The minimum absolute atomic E-state index is 0.00379. The molecule has 0 saturated carbocycles. The Balaban J connectivity index is 2.86. The highest BCUT2D eigenvalue weighted by Crippen LogP contribution is 2.23. The Morgan fingerprint density at radius 2 is 1.74 bits per heavy atom. The third-order valence-electron chi connectivity index (χ3n) is 2.73. The zero-order valence-corrected chi connectivity index (χ0v) is 11.7. The quantitative estimate of drug-likeness (QED) is 0.888. The Kier molecular flexibility index (Phi) is 5.10. The number of carbonyl (C=O) groups is 2. The summed E-state index contributed by atoms with van der Waals surface area (Å²) >= 11 is 0. The molecule has 0 bridgehead atoms. The maximum atomic E-state index is 12.4. The van der Waals surface area contributed by atoms with Crippen LogP contribution in [0.3, 0.4) is 0 Å². The van der Waals surface area contributed by atoms with Gasteiger partial charge < -0.3 is 10.0 Å². The summed E-state index contributed by atoms with van der Waals surface area (Å²) in [6, 6.07) is 9.36. The van der Waals surface area contributed by atoms with Crippen LogP contribution in [0.15, 0.2) is 30.3 Å². The van der Waals surface area contributed by atoms with Gasteiger partial charge in [0.25, 0.3) is 0 Å². The van der Waals surface area contributed by atoms with E-state index in [4.69, 9.17) is 5.11 Å². The van der Waals surface area contributed by atoms with Gasteiger partial charge in [0, 0.05) is 24.1 Å². The zero-order chi connectivity index (χ0) is 14.5. The molecular formula is C15H21NO3. The molecule has 1 N–H and O–H groups in total. The normalized spacial score (nSPS) is 11.1. The first kappa shape index (κ1) is 15.2. The summed E-state index contributed by atoms with van der Waals surface area (Å²) in [6.07, 6.45) is 0.521. The molecule has 0 aliphatic carbocycles. The van der Waals surface area contributed by atoms with E-state index < -0.39 is 11.4 Å². The van der Waals surface area contributed by atoms with Gasteiger partial charge in [0.2, 0.25) is 5.91 Å². The van der Waals surface area contributed by atoms with Gasteiger partial charge in [-0.3, -0.25) is 9.59 Å². The number of nitrogens with zero attached hydrogens (tertiary/aromatic N) is 1. The molecule has 4 nitrogen and oxygen atoms in total. The van der Waals surface area contributed by atoms with Gasteiger partial charge in [-0.2, -0.15) is 0 Å². The first-order valence-electron chi connectivity index (χ1n) is 6.41. The van der Waals surface area contributed by atoms with Crippen molar-refractivity contribution in [2.75, 3.05) is 11.4 Å². The third kappa shape index (κ3) is 4.73. The number of rotatable bonds is 5. The molecule has 1 amide bonds. The Morgan fingerprint density at radius 1 is 1.16 bits per heavy atom. The number of aliphatic carboxylic acids is 1. The van der Waals surface area contributed by atoms with Crippen molar-refractivity contribution in [3.8, 4) is 0 Å². The second-order valence-electron chi connectivity index (χ2n) is 5.54. The van der Waals surface area contributed by atoms with Crippen molar-refractivity contribution in [1.29, 1.82) is 0 Å². The minimum Gasteiger partial charge on any atom is -0.481 e. The topological polar surface area (TPSA) is 57.6 Å². The Hall–Kier alpha value is -1.84. The standard InChI is InChI=1S/C15H21NO3/c1-15(2,3)14(19)16(11-7-10-13(17)18)12-8-5-4-6-9-12/h4-6,8-9H,7,10-11H2,1-3H3,(H,17,18). The van der Waals surface area contributed by atoms with Gasteiger partial charge in [-0.05, 0) is 18.6 Å². The first-order valence-corrected chi connectivity index (χ1v) is 6.41. The largest absolute Gasteiger partial charge is 0.481 e. The lowest BCUT2D eigenvalue weighted by molar-refractivity contribution is -0.137. The molecule has 0 saturated heterocycles. The fourth-order valence-corrected chi connectivity index (χ4v) is 1.75.